The molecule has 32 heavy (non-hydrogen) atoms. The average molecular weight is 489 g/mol. The van der Waals surface area contributed by atoms with Crippen LogP contribution in [0.5, 0.6) is 0 Å². The van der Waals surface area contributed by atoms with Gasteiger partial charge in [0.25, 0.3) is 0 Å². The molecule has 0 amide bonds. The fraction of sp³-hybridized carbons (Fsp3) is 0.360. The van der Waals surface area contributed by atoms with Crippen molar-refractivity contribution in [1.29, 1.82) is 0 Å². The van der Waals surface area contributed by atoms with E-state index in [9.17, 15) is 16.8 Å². The third-order valence-corrected chi connectivity index (χ3v) is 13.1. The first-order valence-electron chi connectivity index (χ1n) is 10.8. The second-order valence-electron chi connectivity index (χ2n) is 9.62. The van der Waals surface area contributed by atoms with Gasteiger partial charge in [0.1, 0.15) is 0 Å². The Hall–Kier alpha value is -1.96. The molecule has 1 aliphatic rings. The van der Waals surface area contributed by atoms with Crippen LogP contribution in [0.2, 0.25) is 19.6 Å². The van der Waals surface area contributed by atoms with E-state index in [1.165, 1.54) is 24.3 Å². The van der Waals surface area contributed by atoms with Crippen LogP contribution in [0, 0.1) is 11.8 Å². The van der Waals surface area contributed by atoms with E-state index in [1.54, 1.807) is 42.5 Å². The van der Waals surface area contributed by atoms with E-state index in [2.05, 4.69) is 38.0 Å². The van der Waals surface area contributed by atoms with Crippen molar-refractivity contribution in [2.45, 2.75) is 52.8 Å². The molecule has 0 bridgehead atoms. The number of allylic oxidation sites excluding steroid dienone is 2. The van der Waals surface area contributed by atoms with E-state index in [4.69, 9.17) is 0 Å². The summed E-state index contributed by atoms with van der Waals surface area (Å²) in [4.78, 5) is 0.0845. The van der Waals surface area contributed by atoms with Gasteiger partial charge in [0, 0.05) is 0 Å². The molecular formula is C25H32O4S2Si. The minimum atomic E-state index is -4.19. The average Bonchev–Trinajstić information content (AvgIpc) is 3.15. The summed E-state index contributed by atoms with van der Waals surface area (Å²) in [5, 5.41) is 0. The Morgan fingerprint density at radius 1 is 0.875 bits per heavy atom. The molecule has 0 aliphatic heterocycles. The van der Waals surface area contributed by atoms with Crippen LogP contribution in [0.3, 0.4) is 0 Å². The van der Waals surface area contributed by atoms with Gasteiger partial charge in [0.2, 0.25) is 0 Å². The Morgan fingerprint density at radius 3 is 1.75 bits per heavy atom. The van der Waals surface area contributed by atoms with Crippen molar-refractivity contribution in [1.82, 2.24) is 0 Å². The molecule has 172 valence electrons. The molecule has 0 spiro atoms. The predicted molar refractivity (Wildman–Crippen MR) is 134 cm³/mol. The fourth-order valence-corrected chi connectivity index (χ4v) is 10.7. The molecule has 1 aliphatic carbocycles. The summed E-state index contributed by atoms with van der Waals surface area (Å²) in [5.74, 6) is -0.324. The molecule has 0 unspecified atom stereocenters. The zero-order valence-corrected chi connectivity index (χ0v) is 21.6. The molecule has 3 rings (SSSR count). The van der Waals surface area contributed by atoms with Gasteiger partial charge in [-0.2, -0.15) is 0 Å². The molecule has 0 aromatic heterocycles. The molecule has 2 atom stereocenters. The van der Waals surface area contributed by atoms with E-state index in [0.717, 1.165) is 0 Å². The molecule has 0 N–H and O–H groups in total. The standard InChI is InChI=1S/C25H32O4S2Si/c1-5-21-19-25(20-22(21)13-12-18-32(2,3)4,30(26,27)23-14-8-6-9-15-23)31(28,29)24-16-10-7-11-17-24/h5-12,14-18,21-22H,1,13,19-20H2,2-4H3/b18-12+/t21-,22-/m0/s1. The van der Waals surface area contributed by atoms with E-state index >= 15 is 0 Å². The molecule has 1 saturated carbocycles. The lowest BCUT2D eigenvalue weighted by atomic mass is 9.93. The largest absolute Gasteiger partial charge is 0.222 e. The second-order valence-corrected chi connectivity index (χ2v) is 19.5. The van der Waals surface area contributed by atoms with Crippen LogP contribution >= 0.6 is 0 Å². The van der Waals surface area contributed by atoms with Gasteiger partial charge in [-0.25, -0.2) is 16.8 Å². The maximum Gasteiger partial charge on any atom is 0.198 e. The van der Waals surface area contributed by atoms with Crippen molar-refractivity contribution in [2.75, 3.05) is 0 Å². The van der Waals surface area contributed by atoms with Gasteiger partial charge < -0.3 is 0 Å². The number of sulfone groups is 2. The van der Waals surface area contributed by atoms with Crippen LogP contribution in [0.15, 0.2) is 94.9 Å². The Labute approximate surface area is 193 Å². The number of hydrogen-bond acceptors (Lipinski definition) is 4. The topological polar surface area (TPSA) is 68.3 Å². The molecule has 0 radical (unpaired) electrons. The van der Waals surface area contributed by atoms with Gasteiger partial charge in [0.05, 0.1) is 17.9 Å². The maximum atomic E-state index is 14.0. The molecule has 0 saturated heterocycles. The van der Waals surface area contributed by atoms with Gasteiger partial charge >= 0.3 is 0 Å². The van der Waals surface area contributed by atoms with Crippen molar-refractivity contribution in [3.05, 3.63) is 85.1 Å². The van der Waals surface area contributed by atoms with Crippen molar-refractivity contribution in [3.8, 4) is 0 Å². The van der Waals surface area contributed by atoms with Crippen LogP contribution in [0.1, 0.15) is 19.3 Å². The molecule has 2 aromatic carbocycles. The van der Waals surface area contributed by atoms with Gasteiger partial charge in [0.15, 0.2) is 23.8 Å². The van der Waals surface area contributed by atoms with Crippen LogP contribution in [0.25, 0.3) is 0 Å². The Balaban J connectivity index is 2.17. The third-order valence-electron chi connectivity index (χ3n) is 6.17. The quantitative estimate of drug-likeness (QED) is 0.355. The summed E-state index contributed by atoms with van der Waals surface area (Å²) in [5.41, 5.74) is 2.23. The Kier molecular flexibility index (Phi) is 7.03. The minimum absolute atomic E-state index is 0.0103. The molecular weight excluding hydrogens is 456 g/mol. The summed E-state index contributed by atoms with van der Waals surface area (Å²) in [7, 11) is -9.79. The highest BCUT2D eigenvalue weighted by atomic mass is 32.3. The number of hydrogen-bond donors (Lipinski definition) is 0. The first-order chi connectivity index (χ1) is 14.9. The summed E-state index contributed by atoms with van der Waals surface area (Å²) < 4.78 is 54.0. The zero-order valence-electron chi connectivity index (χ0n) is 18.9. The van der Waals surface area contributed by atoms with Gasteiger partial charge in [-0.1, -0.05) is 73.9 Å². The SMILES string of the molecule is C=C[C@H]1CC(S(=O)(=O)c2ccccc2)(S(=O)(=O)c2ccccc2)C[C@@H]1C/C=C/[Si](C)(C)C. The molecule has 0 heterocycles. The van der Waals surface area contributed by atoms with Crippen LogP contribution in [-0.4, -0.2) is 29.0 Å². The van der Waals surface area contributed by atoms with Crippen molar-refractivity contribution in [3.63, 3.8) is 0 Å². The van der Waals surface area contributed by atoms with Crippen LogP contribution in [-0.2, 0) is 19.7 Å². The first-order valence-corrected chi connectivity index (χ1v) is 17.4. The van der Waals surface area contributed by atoms with Gasteiger partial charge in [-0.05, 0) is 55.4 Å². The van der Waals surface area contributed by atoms with Gasteiger partial charge in [-0.3, -0.25) is 0 Å². The van der Waals surface area contributed by atoms with Crippen LogP contribution < -0.4 is 0 Å². The maximum absolute atomic E-state index is 14.0. The lowest BCUT2D eigenvalue weighted by Gasteiger charge is -2.29. The second kappa shape index (κ2) is 9.12. The smallest absolute Gasteiger partial charge is 0.198 e. The van der Waals surface area contributed by atoms with Crippen molar-refractivity contribution < 1.29 is 16.8 Å². The first kappa shape index (κ1) is 24.7. The Morgan fingerprint density at radius 2 is 1.34 bits per heavy atom. The molecule has 2 aromatic rings. The highest BCUT2D eigenvalue weighted by Crippen LogP contribution is 2.53. The summed E-state index contributed by atoms with van der Waals surface area (Å²) >= 11 is 0. The third kappa shape index (κ3) is 4.56. The normalized spacial score (nSPS) is 21.6. The molecule has 4 nitrogen and oxygen atoms in total. The molecule has 1 fully saturated rings. The lowest BCUT2D eigenvalue weighted by molar-refractivity contribution is 0.464. The highest BCUT2D eigenvalue weighted by Gasteiger charge is 2.61. The molecule has 7 heteroatoms. The predicted octanol–water partition coefficient (Wildman–Crippen LogP) is 5.67. The summed E-state index contributed by atoms with van der Waals surface area (Å²) in [6.07, 6.45) is 4.53. The van der Waals surface area contributed by atoms with E-state index < -0.39 is 31.8 Å². The van der Waals surface area contributed by atoms with Gasteiger partial charge in [-0.15, -0.1) is 6.58 Å². The lowest BCUT2D eigenvalue weighted by Crippen LogP contribution is -2.44. The number of benzene rings is 2. The summed E-state index contributed by atoms with van der Waals surface area (Å²) in [6.45, 7) is 10.6. The van der Waals surface area contributed by atoms with E-state index in [-0.39, 0.29) is 34.5 Å². The fourth-order valence-electron chi connectivity index (χ4n) is 4.50. The minimum Gasteiger partial charge on any atom is -0.222 e. The monoisotopic (exact) mass is 488 g/mol. The highest BCUT2D eigenvalue weighted by molar-refractivity contribution is 8.10. The van der Waals surface area contributed by atoms with Crippen LogP contribution in [0.4, 0.5) is 0 Å². The van der Waals surface area contributed by atoms with Crippen molar-refractivity contribution in [2.24, 2.45) is 11.8 Å². The van der Waals surface area contributed by atoms with Crippen molar-refractivity contribution >= 4 is 27.7 Å². The van der Waals surface area contributed by atoms with E-state index in [1.807, 2.05) is 0 Å². The summed E-state index contributed by atoms with van der Waals surface area (Å²) in [6, 6.07) is 15.9. The number of rotatable bonds is 8. The Bertz CT molecular complexity index is 1110. The van der Waals surface area contributed by atoms with E-state index in [0.29, 0.717) is 6.42 Å². The zero-order chi connectivity index (χ0) is 23.6.